The molecule has 0 radical (unpaired) electrons. The number of hydrogen-bond donors (Lipinski definition) is 1. The molecule has 14 heavy (non-hydrogen) atoms. The van der Waals surface area contributed by atoms with Gasteiger partial charge in [-0.25, -0.2) is 0 Å². The summed E-state index contributed by atoms with van der Waals surface area (Å²) in [7, 11) is 0. The summed E-state index contributed by atoms with van der Waals surface area (Å²) in [5.74, 6) is 0.866. The van der Waals surface area contributed by atoms with Gasteiger partial charge in [0.2, 0.25) is 0 Å². The van der Waals surface area contributed by atoms with Crippen molar-refractivity contribution in [1.82, 2.24) is 0 Å². The zero-order chi connectivity index (χ0) is 10.1. The SMILES string of the molecule is Cc1ccc([C@@H](N)CC2CC2)cc1Cl. The zero-order valence-corrected chi connectivity index (χ0v) is 9.22. The fourth-order valence-corrected chi connectivity index (χ4v) is 1.88. The van der Waals surface area contributed by atoms with E-state index in [0.29, 0.717) is 0 Å². The molecule has 1 fully saturated rings. The van der Waals surface area contributed by atoms with Crippen molar-refractivity contribution in [2.24, 2.45) is 11.7 Å². The van der Waals surface area contributed by atoms with Gasteiger partial charge in [0.15, 0.2) is 0 Å². The highest BCUT2D eigenvalue weighted by atomic mass is 35.5. The van der Waals surface area contributed by atoms with Crippen LogP contribution in [-0.2, 0) is 0 Å². The number of rotatable bonds is 3. The maximum atomic E-state index is 6.10. The maximum absolute atomic E-state index is 6.10. The summed E-state index contributed by atoms with van der Waals surface area (Å²) >= 11 is 6.05. The first-order valence-corrected chi connectivity index (χ1v) is 5.56. The van der Waals surface area contributed by atoms with Crippen LogP contribution >= 0.6 is 11.6 Å². The highest BCUT2D eigenvalue weighted by Gasteiger charge is 2.24. The molecule has 2 N–H and O–H groups in total. The molecule has 1 aliphatic rings. The van der Waals surface area contributed by atoms with E-state index in [9.17, 15) is 0 Å². The summed E-state index contributed by atoms with van der Waals surface area (Å²) in [6.07, 6.45) is 3.82. The third kappa shape index (κ3) is 2.28. The van der Waals surface area contributed by atoms with E-state index in [2.05, 4.69) is 6.07 Å². The molecular formula is C12H16ClN. The molecule has 0 bridgehead atoms. The molecule has 2 heteroatoms. The largest absolute Gasteiger partial charge is 0.324 e. The van der Waals surface area contributed by atoms with E-state index in [1.165, 1.54) is 18.4 Å². The Kier molecular flexibility index (Phi) is 2.80. The lowest BCUT2D eigenvalue weighted by atomic mass is 10.0. The van der Waals surface area contributed by atoms with E-state index in [1.54, 1.807) is 0 Å². The fraction of sp³-hybridized carbons (Fsp3) is 0.500. The molecule has 0 unspecified atom stereocenters. The second-order valence-electron chi connectivity index (χ2n) is 4.29. The van der Waals surface area contributed by atoms with Gasteiger partial charge < -0.3 is 5.73 Å². The molecule has 1 saturated carbocycles. The minimum absolute atomic E-state index is 0.167. The second-order valence-corrected chi connectivity index (χ2v) is 4.70. The van der Waals surface area contributed by atoms with Crippen LogP contribution in [0.25, 0.3) is 0 Å². The summed E-state index contributed by atoms with van der Waals surface area (Å²) in [5, 5.41) is 0.828. The minimum atomic E-state index is 0.167. The molecule has 1 aliphatic carbocycles. The monoisotopic (exact) mass is 209 g/mol. The summed E-state index contributed by atoms with van der Waals surface area (Å²) in [5.41, 5.74) is 8.39. The third-order valence-corrected chi connectivity index (χ3v) is 3.32. The highest BCUT2D eigenvalue weighted by Crippen LogP contribution is 2.37. The van der Waals surface area contributed by atoms with Crippen LogP contribution in [0.2, 0.25) is 5.02 Å². The Bertz CT molecular complexity index is 331. The first-order chi connectivity index (χ1) is 6.66. The van der Waals surface area contributed by atoms with E-state index in [-0.39, 0.29) is 6.04 Å². The van der Waals surface area contributed by atoms with Gasteiger partial charge in [-0.05, 0) is 36.5 Å². The lowest BCUT2D eigenvalue weighted by molar-refractivity contribution is 0.597. The Labute approximate surface area is 90.3 Å². The van der Waals surface area contributed by atoms with Crippen LogP contribution in [0.15, 0.2) is 18.2 Å². The van der Waals surface area contributed by atoms with Gasteiger partial charge in [0.25, 0.3) is 0 Å². The Morgan fingerprint density at radius 1 is 1.50 bits per heavy atom. The van der Waals surface area contributed by atoms with Crippen molar-refractivity contribution in [2.75, 3.05) is 0 Å². The molecule has 0 amide bonds. The molecule has 76 valence electrons. The van der Waals surface area contributed by atoms with Crippen molar-refractivity contribution in [3.63, 3.8) is 0 Å². The standard InChI is InChI=1S/C12H16ClN/c1-8-2-5-10(7-11(8)13)12(14)6-9-3-4-9/h2,5,7,9,12H,3-4,6,14H2,1H3/t12-/m0/s1. The lowest BCUT2D eigenvalue weighted by Crippen LogP contribution is -2.10. The topological polar surface area (TPSA) is 26.0 Å². The number of hydrogen-bond acceptors (Lipinski definition) is 1. The van der Waals surface area contributed by atoms with E-state index < -0.39 is 0 Å². The van der Waals surface area contributed by atoms with E-state index in [1.807, 2.05) is 19.1 Å². The van der Waals surface area contributed by atoms with Gasteiger partial charge in [0, 0.05) is 11.1 Å². The maximum Gasteiger partial charge on any atom is 0.0438 e. The van der Waals surface area contributed by atoms with Gasteiger partial charge in [0.1, 0.15) is 0 Å². The molecule has 2 rings (SSSR count). The van der Waals surface area contributed by atoms with Gasteiger partial charge in [-0.15, -0.1) is 0 Å². The molecular weight excluding hydrogens is 194 g/mol. The molecule has 0 saturated heterocycles. The molecule has 1 atom stereocenters. The number of aryl methyl sites for hydroxylation is 1. The smallest absolute Gasteiger partial charge is 0.0438 e. The summed E-state index contributed by atoms with van der Waals surface area (Å²) < 4.78 is 0. The van der Waals surface area contributed by atoms with E-state index >= 15 is 0 Å². The van der Waals surface area contributed by atoms with Crippen molar-refractivity contribution in [1.29, 1.82) is 0 Å². The van der Waals surface area contributed by atoms with Crippen molar-refractivity contribution in [3.8, 4) is 0 Å². The highest BCUT2D eigenvalue weighted by molar-refractivity contribution is 6.31. The van der Waals surface area contributed by atoms with Crippen molar-refractivity contribution in [2.45, 2.75) is 32.2 Å². The Morgan fingerprint density at radius 2 is 2.21 bits per heavy atom. The quantitative estimate of drug-likeness (QED) is 0.811. The normalized spacial score (nSPS) is 18.2. The average Bonchev–Trinajstić information content (AvgIpc) is 2.93. The Hall–Kier alpha value is -0.530. The van der Waals surface area contributed by atoms with E-state index in [4.69, 9.17) is 17.3 Å². The number of halogens is 1. The molecule has 0 heterocycles. The predicted octanol–water partition coefficient (Wildman–Crippen LogP) is 3.45. The molecule has 1 aromatic carbocycles. The molecule has 0 aliphatic heterocycles. The van der Waals surface area contributed by atoms with Crippen molar-refractivity contribution >= 4 is 11.6 Å². The summed E-state index contributed by atoms with van der Waals surface area (Å²) in [6, 6.07) is 6.31. The Morgan fingerprint density at radius 3 is 2.79 bits per heavy atom. The molecule has 0 aromatic heterocycles. The lowest BCUT2D eigenvalue weighted by Gasteiger charge is -2.12. The number of benzene rings is 1. The first-order valence-electron chi connectivity index (χ1n) is 5.18. The van der Waals surface area contributed by atoms with Crippen LogP contribution < -0.4 is 5.73 Å². The fourth-order valence-electron chi connectivity index (χ4n) is 1.69. The van der Waals surface area contributed by atoms with Crippen molar-refractivity contribution < 1.29 is 0 Å². The van der Waals surface area contributed by atoms with Crippen LogP contribution in [-0.4, -0.2) is 0 Å². The Balaban J connectivity index is 2.10. The van der Waals surface area contributed by atoms with Crippen LogP contribution in [0.5, 0.6) is 0 Å². The third-order valence-electron chi connectivity index (χ3n) is 2.91. The zero-order valence-electron chi connectivity index (χ0n) is 8.46. The first kappa shape index (κ1) is 10.0. The molecule has 0 spiro atoms. The van der Waals surface area contributed by atoms with E-state index in [0.717, 1.165) is 22.9 Å². The van der Waals surface area contributed by atoms with Gasteiger partial charge in [-0.3, -0.25) is 0 Å². The minimum Gasteiger partial charge on any atom is -0.324 e. The van der Waals surface area contributed by atoms with Crippen LogP contribution in [0.3, 0.4) is 0 Å². The summed E-state index contributed by atoms with van der Waals surface area (Å²) in [4.78, 5) is 0. The summed E-state index contributed by atoms with van der Waals surface area (Å²) in [6.45, 7) is 2.01. The van der Waals surface area contributed by atoms with Crippen LogP contribution in [0, 0.1) is 12.8 Å². The molecule has 1 aromatic rings. The second kappa shape index (κ2) is 3.92. The average molecular weight is 210 g/mol. The van der Waals surface area contributed by atoms with Crippen LogP contribution in [0.1, 0.15) is 36.4 Å². The van der Waals surface area contributed by atoms with Crippen molar-refractivity contribution in [3.05, 3.63) is 34.3 Å². The van der Waals surface area contributed by atoms with Gasteiger partial charge >= 0.3 is 0 Å². The van der Waals surface area contributed by atoms with Gasteiger partial charge in [-0.2, -0.15) is 0 Å². The predicted molar refractivity (Wildman–Crippen MR) is 60.5 cm³/mol. The van der Waals surface area contributed by atoms with Crippen LogP contribution in [0.4, 0.5) is 0 Å². The number of nitrogens with two attached hydrogens (primary N) is 1. The molecule has 1 nitrogen and oxygen atoms in total. The van der Waals surface area contributed by atoms with Gasteiger partial charge in [-0.1, -0.05) is 36.6 Å². The van der Waals surface area contributed by atoms with Gasteiger partial charge in [0.05, 0.1) is 0 Å².